The van der Waals surface area contributed by atoms with Crippen molar-refractivity contribution < 1.29 is 4.79 Å². The fourth-order valence-electron chi connectivity index (χ4n) is 2.40. The minimum atomic E-state index is -0.0226. The third-order valence-corrected chi connectivity index (χ3v) is 3.52. The molecule has 3 aromatic rings. The van der Waals surface area contributed by atoms with Gasteiger partial charge in [0, 0.05) is 18.4 Å². The van der Waals surface area contributed by atoms with Crippen molar-refractivity contribution in [1.82, 2.24) is 29.9 Å². The molecule has 0 unspecified atom stereocenters. The van der Waals surface area contributed by atoms with E-state index in [1.807, 2.05) is 28.9 Å². The summed E-state index contributed by atoms with van der Waals surface area (Å²) in [5.41, 5.74) is 1.99. The van der Waals surface area contributed by atoms with Crippen LogP contribution < -0.4 is 5.32 Å². The van der Waals surface area contributed by atoms with E-state index in [4.69, 9.17) is 0 Å². The smallest absolute Gasteiger partial charge is 0.222 e. The maximum atomic E-state index is 11.9. The van der Waals surface area contributed by atoms with Crippen LogP contribution in [0.5, 0.6) is 0 Å². The van der Waals surface area contributed by atoms with Gasteiger partial charge in [0.2, 0.25) is 5.91 Å². The molecule has 0 aliphatic rings. The number of carbonyl (C=O) groups is 1. The summed E-state index contributed by atoms with van der Waals surface area (Å²) < 4.78 is 3.59. The van der Waals surface area contributed by atoms with Crippen LogP contribution in [-0.4, -0.2) is 30.5 Å². The second-order valence-electron chi connectivity index (χ2n) is 4.96. The van der Waals surface area contributed by atoms with Crippen molar-refractivity contribution in [3.63, 3.8) is 0 Å². The molecule has 7 nitrogen and oxygen atoms in total. The largest absolute Gasteiger partial charge is 0.350 e. The molecule has 22 heavy (non-hydrogen) atoms. The van der Waals surface area contributed by atoms with E-state index in [2.05, 4.69) is 27.4 Å². The van der Waals surface area contributed by atoms with Gasteiger partial charge >= 0.3 is 0 Å². The Morgan fingerprint density at radius 3 is 2.95 bits per heavy atom. The second-order valence-corrected chi connectivity index (χ2v) is 4.96. The third kappa shape index (κ3) is 2.98. The van der Waals surface area contributed by atoms with E-state index in [0.717, 1.165) is 23.1 Å². The Labute approximate surface area is 128 Å². The Balaban J connectivity index is 1.62. The lowest BCUT2D eigenvalue weighted by Crippen LogP contribution is -2.24. The first-order chi connectivity index (χ1) is 10.8. The van der Waals surface area contributed by atoms with Crippen LogP contribution in [0, 0.1) is 0 Å². The standard InChI is InChI=1S/C15H18N6O/c1-2-21-14-6-4-3-5-12(14)13(19-21)9-17-15(22)7-8-20-11-16-10-18-20/h3-6,10-11H,2,7-9H2,1H3,(H,17,22). The lowest BCUT2D eigenvalue weighted by atomic mass is 10.2. The lowest BCUT2D eigenvalue weighted by Gasteiger charge is -2.03. The molecule has 0 fully saturated rings. The van der Waals surface area contributed by atoms with E-state index in [1.165, 1.54) is 6.33 Å². The van der Waals surface area contributed by atoms with Crippen LogP contribution in [0.25, 0.3) is 10.9 Å². The van der Waals surface area contributed by atoms with Gasteiger partial charge in [-0.3, -0.25) is 14.2 Å². The molecule has 1 aromatic carbocycles. The molecule has 0 saturated heterocycles. The summed E-state index contributed by atoms with van der Waals surface area (Å²) >= 11 is 0. The number of rotatable bonds is 6. The number of aromatic nitrogens is 5. The Kier molecular flexibility index (Phi) is 4.13. The number of benzene rings is 1. The van der Waals surface area contributed by atoms with E-state index in [9.17, 15) is 4.79 Å². The zero-order chi connectivity index (χ0) is 15.4. The van der Waals surface area contributed by atoms with E-state index in [1.54, 1.807) is 11.0 Å². The Hall–Kier alpha value is -2.70. The quantitative estimate of drug-likeness (QED) is 0.745. The summed E-state index contributed by atoms with van der Waals surface area (Å²) in [4.78, 5) is 15.8. The number of hydrogen-bond acceptors (Lipinski definition) is 4. The van der Waals surface area contributed by atoms with Crippen molar-refractivity contribution in [3.8, 4) is 0 Å². The van der Waals surface area contributed by atoms with Gasteiger partial charge in [0.15, 0.2) is 0 Å². The number of nitrogens with one attached hydrogen (secondary N) is 1. The molecule has 1 amide bonds. The lowest BCUT2D eigenvalue weighted by molar-refractivity contribution is -0.121. The molecule has 0 aliphatic carbocycles. The molecule has 0 saturated carbocycles. The van der Waals surface area contributed by atoms with Gasteiger partial charge in [-0.1, -0.05) is 18.2 Å². The predicted octanol–water partition coefficient (Wildman–Crippen LogP) is 1.35. The molecule has 0 spiro atoms. The first-order valence-corrected chi connectivity index (χ1v) is 7.31. The van der Waals surface area contributed by atoms with Crippen LogP contribution in [0.2, 0.25) is 0 Å². The number of carbonyl (C=O) groups excluding carboxylic acids is 1. The molecular weight excluding hydrogens is 280 g/mol. The van der Waals surface area contributed by atoms with Crippen molar-refractivity contribution in [2.45, 2.75) is 33.0 Å². The summed E-state index contributed by atoms with van der Waals surface area (Å²) in [5, 5.41) is 12.5. The highest BCUT2D eigenvalue weighted by molar-refractivity contribution is 5.82. The minimum Gasteiger partial charge on any atom is -0.350 e. The summed E-state index contributed by atoms with van der Waals surface area (Å²) in [6.45, 7) is 3.82. The van der Waals surface area contributed by atoms with Gasteiger partial charge in [0.05, 0.1) is 24.3 Å². The van der Waals surface area contributed by atoms with Gasteiger partial charge in [-0.15, -0.1) is 0 Å². The van der Waals surface area contributed by atoms with Crippen molar-refractivity contribution in [2.75, 3.05) is 0 Å². The van der Waals surface area contributed by atoms with Gasteiger partial charge in [0.25, 0.3) is 0 Å². The fourth-order valence-corrected chi connectivity index (χ4v) is 2.40. The molecule has 3 rings (SSSR count). The molecule has 0 radical (unpaired) electrons. The zero-order valence-corrected chi connectivity index (χ0v) is 12.4. The van der Waals surface area contributed by atoms with Gasteiger partial charge in [-0.2, -0.15) is 10.2 Å². The maximum Gasteiger partial charge on any atom is 0.222 e. The van der Waals surface area contributed by atoms with Crippen molar-refractivity contribution >= 4 is 16.8 Å². The van der Waals surface area contributed by atoms with Gasteiger partial charge in [0.1, 0.15) is 12.7 Å². The van der Waals surface area contributed by atoms with Crippen LogP contribution in [-0.2, 0) is 24.4 Å². The molecule has 0 atom stereocenters. The molecule has 0 bridgehead atoms. The fraction of sp³-hybridized carbons (Fsp3) is 0.333. The third-order valence-electron chi connectivity index (χ3n) is 3.52. The first kappa shape index (κ1) is 14.2. The van der Waals surface area contributed by atoms with Crippen LogP contribution in [0.15, 0.2) is 36.9 Å². The summed E-state index contributed by atoms with van der Waals surface area (Å²) in [7, 11) is 0. The Morgan fingerprint density at radius 2 is 2.18 bits per heavy atom. The minimum absolute atomic E-state index is 0.0226. The molecule has 7 heteroatoms. The van der Waals surface area contributed by atoms with Gasteiger partial charge in [-0.05, 0) is 13.0 Å². The number of amides is 1. The zero-order valence-electron chi connectivity index (χ0n) is 12.4. The highest BCUT2D eigenvalue weighted by atomic mass is 16.1. The Bertz CT molecular complexity index is 762. The van der Waals surface area contributed by atoms with Crippen molar-refractivity contribution in [1.29, 1.82) is 0 Å². The predicted molar refractivity (Wildman–Crippen MR) is 81.9 cm³/mol. The van der Waals surface area contributed by atoms with Gasteiger partial charge < -0.3 is 5.32 Å². The van der Waals surface area contributed by atoms with E-state index in [0.29, 0.717) is 19.5 Å². The van der Waals surface area contributed by atoms with E-state index >= 15 is 0 Å². The Morgan fingerprint density at radius 1 is 1.32 bits per heavy atom. The number of aryl methyl sites for hydroxylation is 2. The topological polar surface area (TPSA) is 77.6 Å². The average Bonchev–Trinajstić information content (AvgIpc) is 3.18. The molecule has 1 N–H and O–H groups in total. The van der Waals surface area contributed by atoms with Crippen LogP contribution in [0.3, 0.4) is 0 Å². The highest BCUT2D eigenvalue weighted by Gasteiger charge is 2.10. The second kappa shape index (κ2) is 6.38. The number of nitrogens with zero attached hydrogens (tertiary/aromatic N) is 5. The van der Waals surface area contributed by atoms with Crippen LogP contribution in [0.1, 0.15) is 19.0 Å². The molecule has 114 valence electrons. The van der Waals surface area contributed by atoms with Gasteiger partial charge in [-0.25, -0.2) is 4.98 Å². The van der Waals surface area contributed by atoms with E-state index < -0.39 is 0 Å². The first-order valence-electron chi connectivity index (χ1n) is 7.31. The number of para-hydroxylation sites is 1. The average molecular weight is 298 g/mol. The van der Waals surface area contributed by atoms with Crippen molar-refractivity contribution in [3.05, 3.63) is 42.6 Å². The van der Waals surface area contributed by atoms with Crippen LogP contribution >= 0.6 is 0 Å². The molecular formula is C15H18N6O. The molecule has 2 aromatic heterocycles. The van der Waals surface area contributed by atoms with Crippen LogP contribution in [0.4, 0.5) is 0 Å². The number of hydrogen-bond donors (Lipinski definition) is 1. The monoisotopic (exact) mass is 298 g/mol. The summed E-state index contributed by atoms with van der Waals surface area (Å²) in [6.07, 6.45) is 3.43. The summed E-state index contributed by atoms with van der Waals surface area (Å²) in [5.74, 6) is -0.0226. The normalized spacial score (nSPS) is 11.0. The SMILES string of the molecule is CCn1nc(CNC(=O)CCn2cncn2)c2ccccc21. The number of fused-ring (bicyclic) bond motifs is 1. The summed E-state index contributed by atoms with van der Waals surface area (Å²) in [6, 6.07) is 8.06. The van der Waals surface area contributed by atoms with Crippen molar-refractivity contribution in [2.24, 2.45) is 0 Å². The molecule has 0 aliphatic heterocycles. The molecule has 2 heterocycles. The maximum absolute atomic E-state index is 11.9. The highest BCUT2D eigenvalue weighted by Crippen LogP contribution is 2.18. The van der Waals surface area contributed by atoms with E-state index in [-0.39, 0.29) is 5.91 Å².